The van der Waals surface area contributed by atoms with Crippen molar-refractivity contribution in [1.29, 1.82) is 0 Å². The highest BCUT2D eigenvalue weighted by Crippen LogP contribution is 2.23. The second-order valence-electron chi connectivity index (χ2n) is 4.20. The molecule has 0 bridgehead atoms. The van der Waals surface area contributed by atoms with Crippen LogP contribution in [0.3, 0.4) is 0 Å². The monoisotopic (exact) mass is 254 g/mol. The maximum Gasteiger partial charge on any atom is 0.258 e. The molecule has 2 heterocycles. The summed E-state index contributed by atoms with van der Waals surface area (Å²) in [4.78, 5) is 8.70. The van der Waals surface area contributed by atoms with Gasteiger partial charge in [-0.3, -0.25) is 0 Å². The summed E-state index contributed by atoms with van der Waals surface area (Å²) >= 11 is 0. The van der Waals surface area contributed by atoms with E-state index in [0.717, 1.165) is 16.8 Å². The van der Waals surface area contributed by atoms with Crippen LogP contribution in [0.1, 0.15) is 5.56 Å². The van der Waals surface area contributed by atoms with Crippen LogP contribution in [-0.4, -0.2) is 21.5 Å². The van der Waals surface area contributed by atoms with Crippen LogP contribution in [0.15, 0.2) is 42.9 Å². The Hall–Kier alpha value is -2.40. The summed E-state index contributed by atoms with van der Waals surface area (Å²) in [6, 6.07) is 8.01. The summed E-state index contributed by atoms with van der Waals surface area (Å²) in [6.45, 7) is 0.512. The van der Waals surface area contributed by atoms with Crippen LogP contribution in [0.4, 0.5) is 0 Å². The third-order valence-corrected chi connectivity index (χ3v) is 3.00. The van der Waals surface area contributed by atoms with Gasteiger partial charge in [-0.25, -0.2) is 9.97 Å². The number of methoxy groups -OCH3 is 1. The first-order valence-electron chi connectivity index (χ1n) is 5.99. The molecule has 2 aromatic heterocycles. The minimum atomic E-state index is 0.512. The molecule has 0 saturated heterocycles. The van der Waals surface area contributed by atoms with E-state index in [1.807, 2.05) is 41.1 Å². The molecule has 5 heteroatoms. The standard InChI is InChI=1S/C14H14N4O/c1-19-14-13-16-5-6-18(13)9-12(17-14)11-4-2-3-10(7-11)8-15/h2-7,9H,8,15H2,1H3. The molecule has 3 aromatic rings. The van der Waals surface area contributed by atoms with Crippen LogP contribution >= 0.6 is 0 Å². The van der Waals surface area contributed by atoms with E-state index < -0.39 is 0 Å². The predicted octanol–water partition coefficient (Wildman–Crippen LogP) is 1.86. The van der Waals surface area contributed by atoms with E-state index in [1.165, 1.54) is 0 Å². The highest BCUT2D eigenvalue weighted by molar-refractivity contribution is 5.63. The minimum absolute atomic E-state index is 0.512. The third kappa shape index (κ3) is 2.04. The number of imidazole rings is 1. The van der Waals surface area contributed by atoms with Crippen LogP contribution in [0.2, 0.25) is 0 Å². The molecule has 0 aliphatic carbocycles. The maximum atomic E-state index is 5.67. The molecule has 0 radical (unpaired) electrons. The Morgan fingerprint density at radius 2 is 2.26 bits per heavy atom. The van der Waals surface area contributed by atoms with E-state index in [1.54, 1.807) is 13.3 Å². The van der Waals surface area contributed by atoms with Crippen LogP contribution in [0.25, 0.3) is 16.9 Å². The lowest BCUT2D eigenvalue weighted by atomic mass is 10.1. The summed E-state index contributed by atoms with van der Waals surface area (Å²) in [6.07, 6.45) is 5.52. The molecule has 0 fully saturated rings. The number of aromatic nitrogens is 3. The Labute approximate surface area is 110 Å². The molecule has 19 heavy (non-hydrogen) atoms. The first kappa shape index (κ1) is 11.7. The number of ether oxygens (including phenoxy) is 1. The van der Waals surface area contributed by atoms with E-state index in [4.69, 9.17) is 10.5 Å². The fourth-order valence-corrected chi connectivity index (χ4v) is 2.04. The zero-order chi connectivity index (χ0) is 13.2. The van der Waals surface area contributed by atoms with Crippen LogP contribution in [0, 0.1) is 0 Å². The lowest BCUT2D eigenvalue weighted by Crippen LogP contribution is -1.98. The molecule has 0 aliphatic heterocycles. The molecule has 3 rings (SSSR count). The smallest absolute Gasteiger partial charge is 0.258 e. The van der Waals surface area contributed by atoms with Crippen molar-refractivity contribution >= 4 is 5.65 Å². The summed E-state index contributed by atoms with van der Waals surface area (Å²) in [5.74, 6) is 0.514. The number of hydrogen-bond donors (Lipinski definition) is 1. The fraction of sp³-hybridized carbons (Fsp3) is 0.143. The zero-order valence-corrected chi connectivity index (χ0v) is 10.6. The summed E-state index contributed by atoms with van der Waals surface area (Å²) in [5, 5.41) is 0. The maximum absolute atomic E-state index is 5.67. The largest absolute Gasteiger partial charge is 0.478 e. The predicted molar refractivity (Wildman–Crippen MR) is 72.9 cm³/mol. The first-order chi connectivity index (χ1) is 9.31. The van der Waals surface area contributed by atoms with Crippen molar-refractivity contribution in [1.82, 2.24) is 14.4 Å². The molecule has 2 N–H and O–H groups in total. The molecule has 96 valence electrons. The Balaban J connectivity index is 2.18. The van der Waals surface area contributed by atoms with Crippen molar-refractivity contribution in [2.75, 3.05) is 7.11 Å². The number of rotatable bonds is 3. The van der Waals surface area contributed by atoms with Crippen molar-refractivity contribution in [3.8, 4) is 17.1 Å². The average Bonchev–Trinajstić information content (AvgIpc) is 2.94. The molecule has 5 nitrogen and oxygen atoms in total. The summed E-state index contributed by atoms with van der Waals surface area (Å²) < 4.78 is 7.18. The van der Waals surface area contributed by atoms with E-state index in [2.05, 4.69) is 9.97 Å². The van der Waals surface area contributed by atoms with Gasteiger partial charge in [-0.2, -0.15) is 0 Å². The Morgan fingerprint density at radius 1 is 1.37 bits per heavy atom. The van der Waals surface area contributed by atoms with Gasteiger partial charge in [0.2, 0.25) is 0 Å². The molecule has 0 saturated carbocycles. The molecule has 1 aromatic carbocycles. The van der Waals surface area contributed by atoms with E-state index in [-0.39, 0.29) is 0 Å². The lowest BCUT2D eigenvalue weighted by molar-refractivity contribution is 0.400. The van der Waals surface area contributed by atoms with Crippen LogP contribution in [-0.2, 0) is 6.54 Å². The fourth-order valence-electron chi connectivity index (χ4n) is 2.04. The number of benzene rings is 1. The third-order valence-electron chi connectivity index (χ3n) is 3.00. The Kier molecular flexibility index (Phi) is 2.89. The molecule has 0 aliphatic rings. The van der Waals surface area contributed by atoms with Gasteiger partial charge in [0.1, 0.15) is 0 Å². The number of hydrogen-bond acceptors (Lipinski definition) is 4. The first-order valence-corrected chi connectivity index (χ1v) is 5.99. The van der Waals surface area contributed by atoms with Gasteiger partial charge in [0.15, 0.2) is 5.65 Å². The van der Waals surface area contributed by atoms with Gasteiger partial charge in [-0.15, -0.1) is 0 Å². The average molecular weight is 254 g/mol. The summed E-state index contributed by atoms with van der Waals surface area (Å²) in [7, 11) is 1.59. The van der Waals surface area contributed by atoms with Crippen molar-refractivity contribution in [2.24, 2.45) is 5.73 Å². The van der Waals surface area contributed by atoms with Crippen LogP contribution < -0.4 is 10.5 Å². The molecule has 0 atom stereocenters. The van der Waals surface area contributed by atoms with Gasteiger partial charge < -0.3 is 14.9 Å². The topological polar surface area (TPSA) is 65.4 Å². The zero-order valence-electron chi connectivity index (χ0n) is 10.6. The van der Waals surface area contributed by atoms with Gasteiger partial charge in [-0.05, 0) is 11.6 Å². The molecule has 0 unspecified atom stereocenters. The molecular formula is C14H14N4O. The SMILES string of the molecule is COc1nc(-c2cccc(CN)c2)cn2ccnc12. The minimum Gasteiger partial charge on any atom is -0.478 e. The number of nitrogens with zero attached hydrogens (tertiary/aromatic N) is 3. The summed E-state index contributed by atoms with van der Waals surface area (Å²) in [5.41, 5.74) is 9.29. The molecule has 0 spiro atoms. The molecular weight excluding hydrogens is 240 g/mol. The van der Waals surface area contributed by atoms with Gasteiger partial charge in [-0.1, -0.05) is 18.2 Å². The second-order valence-corrected chi connectivity index (χ2v) is 4.20. The highest BCUT2D eigenvalue weighted by Gasteiger charge is 2.09. The van der Waals surface area contributed by atoms with Gasteiger partial charge in [0.25, 0.3) is 5.88 Å². The molecule has 0 amide bonds. The van der Waals surface area contributed by atoms with Gasteiger partial charge >= 0.3 is 0 Å². The Bertz CT molecular complexity index is 720. The van der Waals surface area contributed by atoms with Crippen molar-refractivity contribution in [2.45, 2.75) is 6.54 Å². The van der Waals surface area contributed by atoms with Crippen molar-refractivity contribution in [3.05, 3.63) is 48.4 Å². The highest BCUT2D eigenvalue weighted by atomic mass is 16.5. The number of fused-ring (bicyclic) bond motifs is 1. The van der Waals surface area contributed by atoms with Gasteiger partial charge in [0.05, 0.1) is 12.8 Å². The van der Waals surface area contributed by atoms with Crippen molar-refractivity contribution < 1.29 is 4.74 Å². The van der Waals surface area contributed by atoms with Crippen LogP contribution in [0.5, 0.6) is 5.88 Å². The quantitative estimate of drug-likeness (QED) is 0.774. The number of nitrogens with two attached hydrogens (primary N) is 1. The lowest BCUT2D eigenvalue weighted by Gasteiger charge is -2.07. The van der Waals surface area contributed by atoms with Crippen molar-refractivity contribution in [3.63, 3.8) is 0 Å². The van der Waals surface area contributed by atoms with E-state index in [0.29, 0.717) is 18.1 Å². The normalized spacial score (nSPS) is 10.8. The Morgan fingerprint density at radius 3 is 3.05 bits per heavy atom. The second kappa shape index (κ2) is 4.70. The van der Waals surface area contributed by atoms with E-state index >= 15 is 0 Å². The van der Waals surface area contributed by atoms with Gasteiger partial charge in [0, 0.05) is 30.7 Å². The van der Waals surface area contributed by atoms with E-state index in [9.17, 15) is 0 Å².